The van der Waals surface area contributed by atoms with Crippen molar-refractivity contribution >= 4 is 5.97 Å². The Balaban J connectivity index is 1.60. The number of carbonyl (C=O) groups is 1. The maximum atomic E-state index is 13.8. The maximum absolute atomic E-state index is 13.8. The molecule has 3 aromatic carbocycles. The van der Waals surface area contributed by atoms with Gasteiger partial charge in [0.25, 0.3) is 0 Å². The fraction of sp³-hybridized carbons (Fsp3) is 0.345. The molecule has 7 heteroatoms. The Hall–Kier alpha value is -3.48. The zero-order valence-electron chi connectivity index (χ0n) is 20.5. The van der Waals surface area contributed by atoms with Crippen molar-refractivity contribution in [2.75, 3.05) is 13.7 Å². The Morgan fingerprint density at radius 3 is 1.89 bits per heavy atom. The number of benzene rings is 3. The van der Waals surface area contributed by atoms with Crippen LogP contribution < -0.4 is 14.2 Å². The Labute approximate surface area is 210 Å². The molecule has 0 heterocycles. The summed E-state index contributed by atoms with van der Waals surface area (Å²) in [6, 6.07) is 19.6. The maximum Gasteiger partial charge on any atom is 0.396 e. The normalized spacial score (nSPS) is 12.1. The first-order valence-electron chi connectivity index (χ1n) is 12.0. The summed E-state index contributed by atoms with van der Waals surface area (Å²) in [4.78, 5) is 12.4. The number of unbranched alkanes of at least 4 members (excludes halogenated alkanes) is 3. The van der Waals surface area contributed by atoms with Gasteiger partial charge < -0.3 is 14.2 Å². The van der Waals surface area contributed by atoms with E-state index in [0.29, 0.717) is 18.1 Å². The second-order valence-electron chi connectivity index (χ2n) is 8.50. The molecule has 0 aliphatic rings. The van der Waals surface area contributed by atoms with Gasteiger partial charge in [0.2, 0.25) is 0 Å². The Morgan fingerprint density at radius 1 is 0.778 bits per heavy atom. The van der Waals surface area contributed by atoms with Gasteiger partial charge in [0.05, 0.1) is 26.1 Å². The second kappa shape index (κ2) is 13.0. The summed E-state index contributed by atoms with van der Waals surface area (Å²) in [7, 11) is 1.56. The lowest BCUT2D eigenvalue weighted by atomic mass is 9.93. The van der Waals surface area contributed by atoms with Crippen molar-refractivity contribution in [1.82, 2.24) is 0 Å². The van der Waals surface area contributed by atoms with Gasteiger partial charge in [-0.05, 0) is 59.5 Å². The SMILES string of the molecule is CCCCCCOc1ccc(OC(=O)CC(c2ccc(-c3ccc(OC)cc3)cc2)C(F)(F)F)cc1. The van der Waals surface area contributed by atoms with E-state index in [9.17, 15) is 18.0 Å². The molecule has 192 valence electrons. The minimum absolute atomic E-state index is 0.00327. The molecular weight excluding hydrogens is 469 g/mol. The Morgan fingerprint density at radius 2 is 1.33 bits per heavy atom. The summed E-state index contributed by atoms with van der Waals surface area (Å²) in [6.07, 6.45) is -1.08. The highest BCUT2D eigenvalue weighted by molar-refractivity contribution is 5.74. The van der Waals surface area contributed by atoms with E-state index < -0.39 is 24.5 Å². The molecule has 1 unspecified atom stereocenters. The number of esters is 1. The lowest BCUT2D eigenvalue weighted by molar-refractivity contribution is -0.162. The fourth-order valence-electron chi connectivity index (χ4n) is 3.78. The molecule has 0 spiro atoms. The molecule has 36 heavy (non-hydrogen) atoms. The second-order valence-corrected chi connectivity index (χ2v) is 8.50. The number of hydrogen-bond donors (Lipinski definition) is 0. The third kappa shape index (κ3) is 8.04. The van der Waals surface area contributed by atoms with Crippen LogP contribution in [0, 0.1) is 0 Å². The minimum atomic E-state index is -4.60. The molecule has 0 fully saturated rings. The van der Waals surface area contributed by atoms with Gasteiger partial charge >= 0.3 is 12.1 Å². The predicted octanol–water partition coefficient (Wildman–Crippen LogP) is 7.96. The van der Waals surface area contributed by atoms with E-state index in [-0.39, 0.29) is 11.3 Å². The van der Waals surface area contributed by atoms with Gasteiger partial charge in [0, 0.05) is 0 Å². The van der Waals surface area contributed by atoms with Gasteiger partial charge in [-0.2, -0.15) is 13.2 Å². The van der Waals surface area contributed by atoms with Crippen LogP contribution in [-0.4, -0.2) is 25.9 Å². The van der Waals surface area contributed by atoms with Crippen molar-refractivity contribution in [3.8, 4) is 28.4 Å². The number of alkyl halides is 3. The summed E-state index contributed by atoms with van der Waals surface area (Å²) in [6.45, 7) is 2.72. The van der Waals surface area contributed by atoms with E-state index in [1.54, 1.807) is 43.5 Å². The van der Waals surface area contributed by atoms with E-state index in [1.807, 2.05) is 12.1 Å². The van der Waals surface area contributed by atoms with Crippen LogP contribution in [0.1, 0.15) is 50.5 Å². The highest BCUT2D eigenvalue weighted by atomic mass is 19.4. The van der Waals surface area contributed by atoms with E-state index in [1.165, 1.54) is 24.3 Å². The first-order valence-corrected chi connectivity index (χ1v) is 12.0. The lowest BCUT2D eigenvalue weighted by Crippen LogP contribution is -2.25. The highest BCUT2D eigenvalue weighted by Crippen LogP contribution is 2.38. The Bertz CT molecular complexity index is 1080. The molecule has 0 bridgehead atoms. The van der Waals surface area contributed by atoms with Gasteiger partial charge in [-0.15, -0.1) is 0 Å². The van der Waals surface area contributed by atoms with Crippen molar-refractivity contribution in [1.29, 1.82) is 0 Å². The molecule has 3 rings (SSSR count). The van der Waals surface area contributed by atoms with Gasteiger partial charge in [-0.1, -0.05) is 62.6 Å². The fourth-order valence-corrected chi connectivity index (χ4v) is 3.78. The molecule has 0 saturated heterocycles. The molecule has 1 atom stereocenters. The monoisotopic (exact) mass is 500 g/mol. The standard InChI is InChI=1S/C29H31F3O4/c1-3-4-5-6-19-35-25-15-17-26(18-16-25)36-28(33)20-27(29(30,31)32)23-9-7-21(8-10-23)22-11-13-24(34-2)14-12-22/h7-18,27H,3-6,19-20H2,1-2H3. The van der Waals surface area contributed by atoms with Crippen LogP contribution in [0.3, 0.4) is 0 Å². The molecular formula is C29H31F3O4. The first kappa shape index (κ1) is 27.1. The molecule has 0 N–H and O–H groups in total. The smallest absolute Gasteiger partial charge is 0.396 e. The predicted molar refractivity (Wildman–Crippen MR) is 134 cm³/mol. The first-order chi connectivity index (χ1) is 17.3. The number of rotatable bonds is 12. The minimum Gasteiger partial charge on any atom is -0.497 e. The lowest BCUT2D eigenvalue weighted by Gasteiger charge is -2.20. The summed E-state index contributed by atoms with van der Waals surface area (Å²) in [5, 5.41) is 0. The van der Waals surface area contributed by atoms with Gasteiger partial charge in [0.15, 0.2) is 0 Å². The van der Waals surface area contributed by atoms with E-state index >= 15 is 0 Å². The van der Waals surface area contributed by atoms with Gasteiger partial charge in [-0.25, -0.2) is 0 Å². The summed E-state index contributed by atoms with van der Waals surface area (Å²) in [5.41, 5.74) is 1.61. The quantitative estimate of drug-likeness (QED) is 0.144. The van der Waals surface area contributed by atoms with Gasteiger partial charge in [0.1, 0.15) is 17.2 Å². The van der Waals surface area contributed by atoms with Crippen molar-refractivity contribution in [3.63, 3.8) is 0 Å². The molecule has 3 aromatic rings. The topological polar surface area (TPSA) is 44.8 Å². The van der Waals surface area contributed by atoms with Crippen LogP contribution >= 0.6 is 0 Å². The van der Waals surface area contributed by atoms with Crippen molar-refractivity contribution in [2.24, 2.45) is 0 Å². The van der Waals surface area contributed by atoms with Crippen molar-refractivity contribution in [3.05, 3.63) is 78.4 Å². The molecule has 4 nitrogen and oxygen atoms in total. The zero-order valence-corrected chi connectivity index (χ0v) is 20.5. The summed E-state index contributed by atoms with van der Waals surface area (Å²) < 4.78 is 57.4. The number of halogens is 3. The molecule has 0 aromatic heterocycles. The molecule has 0 saturated carbocycles. The van der Waals surface area contributed by atoms with Crippen LogP contribution in [-0.2, 0) is 4.79 Å². The van der Waals surface area contributed by atoms with Crippen LogP contribution in [0.25, 0.3) is 11.1 Å². The molecule has 0 aliphatic heterocycles. The summed E-state index contributed by atoms with van der Waals surface area (Å²) >= 11 is 0. The van der Waals surface area contributed by atoms with Crippen molar-refractivity contribution < 1.29 is 32.2 Å². The van der Waals surface area contributed by atoms with Crippen molar-refractivity contribution in [2.45, 2.75) is 51.1 Å². The highest BCUT2D eigenvalue weighted by Gasteiger charge is 2.42. The molecule has 0 aliphatic carbocycles. The number of hydrogen-bond acceptors (Lipinski definition) is 4. The van der Waals surface area contributed by atoms with E-state index in [0.717, 1.165) is 36.8 Å². The van der Waals surface area contributed by atoms with Crippen LogP contribution in [0.15, 0.2) is 72.8 Å². The molecule has 0 radical (unpaired) electrons. The third-order valence-electron chi connectivity index (χ3n) is 5.82. The number of methoxy groups -OCH3 is 1. The molecule has 0 amide bonds. The largest absolute Gasteiger partial charge is 0.497 e. The van der Waals surface area contributed by atoms with Crippen LogP contribution in [0.4, 0.5) is 13.2 Å². The average molecular weight is 501 g/mol. The third-order valence-corrected chi connectivity index (χ3v) is 5.82. The van der Waals surface area contributed by atoms with Crippen LogP contribution in [0.2, 0.25) is 0 Å². The average Bonchev–Trinajstić information content (AvgIpc) is 2.88. The number of carbonyl (C=O) groups excluding carboxylic acids is 1. The number of ether oxygens (including phenoxy) is 3. The van der Waals surface area contributed by atoms with E-state index in [4.69, 9.17) is 14.2 Å². The summed E-state index contributed by atoms with van der Waals surface area (Å²) in [5.74, 6) is -1.44. The zero-order chi connectivity index (χ0) is 26.0. The van der Waals surface area contributed by atoms with Crippen LogP contribution in [0.5, 0.6) is 17.2 Å². The van der Waals surface area contributed by atoms with E-state index in [2.05, 4.69) is 6.92 Å². The van der Waals surface area contributed by atoms with Gasteiger partial charge in [-0.3, -0.25) is 4.79 Å². The Kier molecular flexibility index (Phi) is 9.79.